The molecular weight excluding hydrogens is 439 g/mol. The fraction of sp³-hybridized carbons (Fsp3) is 0.600. The van der Waals surface area contributed by atoms with E-state index in [9.17, 15) is 4.79 Å². The van der Waals surface area contributed by atoms with Crippen LogP contribution < -0.4 is 10.6 Å². The van der Waals surface area contributed by atoms with Gasteiger partial charge in [-0.2, -0.15) is 0 Å². The molecule has 144 valence electrons. The van der Waals surface area contributed by atoms with E-state index in [0.29, 0.717) is 5.41 Å². The number of guanidine groups is 1. The number of hydrogen-bond donors (Lipinski definition) is 2. The first-order valence-corrected chi connectivity index (χ1v) is 9.50. The van der Waals surface area contributed by atoms with Crippen LogP contribution in [0.5, 0.6) is 0 Å². The Kier molecular flexibility index (Phi) is 7.73. The van der Waals surface area contributed by atoms with E-state index in [-0.39, 0.29) is 29.9 Å². The van der Waals surface area contributed by atoms with Crippen molar-refractivity contribution in [1.82, 2.24) is 10.2 Å². The summed E-state index contributed by atoms with van der Waals surface area (Å²) in [4.78, 5) is 18.4. The summed E-state index contributed by atoms with van der Waals surface area (Å²) in [7, 11) is 0. The van der Waals surface area contributed by atoms with E-state index >= 15 is 0 Å². The van der Waals surface area contributed by atoms with Crippen LogP contribution in [0.1, 0.15) is 45.1 Å². The van der Waals surface area contributed by atoms with Gasteiger partial charge >= 0.3 is 0 Å². The summed E-state index contributed by atoms with van der Waals surface area (Å²) in [6.45, 7) is 7.66. The highest BCUT2D eigenvalue weighted by Gasteiger charge is 2.43. The predicted molar refractivity (Wildman–Crippen MR) is 118 cm³/mol. The Morgan fingerprint density at radius 1 is 1.23 bits per heavy atom. The molecule has 1 amide bonds. The maximum Gasteiger partial charge on any atom is 0.221 e. The molecule has 0 bridgehead atoms. The molecule has 2 N–H and O–H groups in total. The molecule has 1 aliphatic heterocycles. The molecule has 3 rings (SSSR count). The summed E-state index contributed by atoms with van der Waals surface area (Å²) in [6.07, 6.45) is 6.42. The lowest BCUT2D eigenvalue weighted by Gasteiger charge is -2.38. The van der Waals surface area contributed by atoms with Crippen molar-refractivity contribution in [3.63, 3.8) is 0 Å². The van der Waals surface area contributed by atoms with E-state index in [1.165, 1.54) is 44.7 Å². The molecule has 1 saturated heterocycles. The fourth-order valence-corrected chi connectivity index (χ4v) is 3.88. The molecule has 0 radical (unpaired) electrons. The average Bonchev–Trinajstić information content (AvgIpc) is 3.01. The number of hydrogen-bond acceptors (Lipinski definition) is 2. The van der Waals surface area contributed by atoms with Gasteiger partial charge in [0.1, 0.15) is 0 Å². The van der Waals surface area contributed by atoms with Crippen LogP contribution in [-0.4, -0.2) is 42.9 Å². The van der Waals surface area contributed by atoms with Gasteiger partial charge in [0.2, 0.25) is 5.91 Å². The zero-order valence-electron chi connectivity index (χ0n) is 15.9. The Morgan fingerprint density at radius 3 is 2.50 bits per heavy atom. The van der Waals surface area contributed by atoms with Crippen molar-refractivity contribution < 1.29 is 4.79 Å². The van der Waals surface area contributed by atoms with Crippen LogP contribution in [0, 0.1) is 5.41 Å². The molecule has 1 spiro atoms. The van der Waals surface area contributed by atoms with Crippen LogP contribution in [0.15, 0.2) is 29.3 Å². The van der Waals surface area contributed by atoms with Crippen molar-refractivity contribution in [2.75, 3.05) is 31.5 Å². The molecule has 1 heterocycles. The second-order valence-electron chi connectivity index (χ2n) is 7.39. The monoisotopic (exact) mass is 470 g/mol. The number of nitrogens with zero attached hydrogens (tertiary/aromatic N) is 2. The minimum absolute atomic E-state index is 0. The molecule has 1 aromatic rings. The van der Waals surface area contributed by atoms with Crippen LogP contribution in [0.4, 0.5) is 5.69 Å². The topological polar surface area (TPSA) is 56.7 Å². The number of nitrogens with one attached hydrogen (secondary N) is 2. The maximum atomic E-state index is 11.1. The van der Waals surface area contributed by atoms with Gasteiger partial charge in [-0.15, -0.1) is 24.0 Å². The molecule has 5 nitrogen and oxygen atoms in total. The number of rotatable bonds is 5. The summed E-state index contributed by atoms with van der Waals surface area (Å²) in [5.74, 6) is 1.03. The Balaban J connectivity index is 0.00000243. The average molecular weight is 470 g/mol. The fourth-order valence-electron chi connectivity index (χ4n) is 3.88. The largest absolute Gasteiger partial charge is 0.357 e. The zero-order chi connectivity index (χ0) is 17.7. The van der Waals surface area contributed by atoms with Gasteiger partial charge in [0.25, 0.3) is 0 Å². The quantitative estimate of drug-likeness (QED) is 0.393. The minimum Gasteiger partial charge on any atom is -0.357 e. The van der Waals surface area contributed by atoms with E-state index in [1.807, 2.05) is 12.1 Å². The van der Waals surface area contributed by atoms with Gasteiger partial charge in [-0.05, 0) is 55.7 Å². The third-order valence-electron chi connectivity index (χ3n) is 5.42. The van der Waals surface area contributed by atoms with Gasteiger partial charge in [-0.1, -0.05) is 18.6 Å². The number of likely N-dealkylation sites (tertiary alicyclic amines) is 1. The Hall–Kier alpha value is -1.31. The minimum atomic E-state index is -0.0394. The van der Waals surface area contributed by atoms with Crippen LogP contribution in [0.25, 0.3) is 0 Å². The first kappa shape index (κ1) is 21.0. The first-order valence-electron chi connectivity index (χ1n) is 9.50. The zero-order valence-corrected chi connectivity index (χ0v) is 18.2. The molecule has 0 unspecified atom stereocenters. The summed E-state index contributed by atoms with van der Waals surface area (Å²) >= 11 is 0. The Labute approximate surface area is 174 Å². The SMILES string of the molecule is CCNC(=NCCc1ccc(NC(C)=O)cc1)N1CCC2(CCC2)C1.I. The molecule has 0 atom stereocenters. The Morgan fingerprint density at radius 2 is 1.96 bits per heavy atom. The van der Waals surface area contributed by atoms with Crippen LogP contribution in [0.3, 0.4) is 0 Å². The smallest absolute Gasteiger partial charge is 0.221 e. The molecule has 2 fully saturated rings. The summed E-state index contributed by atoms with van der Waals surface area (Å²) < 4.78 is 0. The van der Waals surface area contributed by atoms with Crippen molar-refractivity contribution in [1.29, 1.82) is 0 Å². The molecule has 1 saturated carbocycles. The number of anilines is 1. The summed E-state index contributed by atoms with van der Waals surface area (Å²) in [5, 5.41) is 6.25. The molecule has 6 heteroatoms. The molecule has 0 aromatic heterocycles. The predicted octanol–water partition coefficient (Wildman–Crippen LogP) is 3.65. The lowest BCUT2D eigenvalue weighted by Crippen LogP contribution is -2.42. The second kappa shape index (κ2) is 9.58. The van der Waals surface area contributed by atoms with Crippen LogP contribution in [0.2, 0.25) is 0 Å². The number of halogens is 1. The first-order chi connectivity index (χ1) is 12.1. The highest BCUT2D eigenvalue weighted by Crippen LogP contribution is 2.47. The lowest BCUT2D eigenvalue weighted by molar-refractivity contribution is -0.114. The van der Waals surface area contributed by atoms with Crippen LogP contribution >= 0.6 is 24.0 Å². The lowest BCUT2D eigenvalue weighted by atomic mass is 9.68. The van der Waals surface area contributed by atoms with Gasteiger partial charge in [0.15, 0.2) is 5.96 Å². The molecule has 2 aliphatic rings. The summed E-state index contributed by atoms with van der Waals surface area (Å²) in [6, 6.07) is 8.03. The van der Waals surface area contributed by atoms with Gasteiger partial charge in [-0.25, -0.2) is 0 Å². The number of aliphatic imine (C=N–C) groups is 1. The standard InChI is InChI=1S/C20H30N4O.HI/c1-3-21-19(24-14-12-20(15-24)10-4-11-20)22-13-9-17-5-7-18(8-6-17)23-16(2)25;/h5-8H,3-4,9-15H2,1-2H3,(H,21,22)(H,23,25);1H. The molecular formula is C20H31IN4O. The van der Waals surface area contributed by atoms with E-state index in [1.54, 1.807) is 0 Å². The Bertz CT molecular complexity index is 625. The third-order valence-corrected chi connectivity index (χ3v) is 5.42. The van der Waals surface area contributed by atoms with Crippen molar-refractivity contribution in [2.24, 2.45) is 10.4 Å². The van der Waals surface area contributed by atoms with E-state index in [2.05, 4.69) is 34.6 Å². The van der Waals surface area contributed by atoms with Crippen LogP contribution in [-0.2, 0) is 11.2 Å². The van der Waals surface area contributed by atoms with Crippen molar-refractivity contribution in [2.45, 2.75) is 46.0 Å². The number of amides is 1. The second-order valence-corrected chi connectivity index (χ2v) is 7.39. The molecule has 1 aliphatic carbocycles. The van der Waals surface area contributed by atoms with E-state index in [0.717, 1.165) is 37.7 Å². The van der Waals surface area contributed by atoms with Gasteiger partial charge in [0, 0.05) is 38.8 Å². The highest BCUT2D eigenvalue weighted by molar-refractivity contribution is 14.0. The molecule has 1 aromatic carbocycles. The van der Waals surface area contributed by atoms with Crippen molar-refractivity contribution in [3.8, 4) is 0 Å². The van der Waals surface area contributed by atoms with Gasteiger partial charge in [-0.3, -0.25) is 9.79 Å². The normalized spacial score (nSPS) is 18.2. The maximum absolute atomic E-state index is 11.1. The van der Waals surface area contributed by atoms with Crippen molar-refractivity contribution >= 4 is 41.5 Å². The number of benzene rings is 1. The van der Waals surface area contributed by atoms with E-state index < -0.39 is 0 Å². The summed E-state index contributed by atoms with van der Waals surface area (Å²) in [5.41, 5.74) is 2.68. The van der Waals surface area contributed by atoms with Gasteiger partial charge < -0.3 is 15.5 Å². The third kappa shape index (κ3) is 5.34. The number of carbonyl (C=O) groups is 1. The highest BCUT2D eigenvalue weighted by atomic mass is 127. The van der Waals surface area contributed by atoms with Crippen molar-refractivity contribution in [3.05, 3.63) is 29.8 Å². The number of carbonyl (C=O) groups excluding carboxylic acids is 1. The molecule has 26 heavy (non-hydrogen) atoms. The van der Waals surface area contributed by atoms with E-state index in [4.69, 9.17) is 4.99 Å². The van der Waals surface area contributed by atoms with Gasteiger partial charge in [0.05, 0.1) is 0 Å².